The predicted octanol–water partition coefficient (Wildman–Crippen LogP) is 2.92. The van der Waals surface area contributed by atoms with Gasteiger partial charge in [-0.2, -0.15) is 0 Å². The lowest BCUT2D eigenvalue weighted by atomic mass is 9.81. The zero-order valence-electron chi connectivity index (χ0n) is 12.4. The van der Waals surface area contributed by atoms with Crippen molar-refractivity contribution in [1.29, 1.82) is 0 Å². The van der Waals surface area contributed by atoms with Crippen LogP contribution < -0.4 is 0 Å². The fourth-order valence-electron chi connectivity index (χ4n) is 3.90. The van der Waals surface area contributed by atoms with Crippen LogP contribution in [-0.2, 0) is 4.74 Å². The fourth-order valence-corrected chi connectivity index (χ4v) is 3.90. The van der Waals surface area contributed by atoms with Crippen molar-refractivity contribution < 1.29 is 4.74 Å². The van der Waals surface area contributed by atoms with Gasteiger partial charge in [-0.15, -0.1) is 0 Å². The number of hydrogen-bond acceptors (Lipinski definition) is 3. The molecule has 0 spiro atoms. The van der Waals surface area contributed by atoms with E-state index in [4.69, 9.17) is 4.74 Å². The van der Waals surface area contributed by atoms with Crippen molar-refractivity contribution in [3.63, 3.8) is 0 Å². The third-order valence-corrected chi connectivity index (χ3v) is 5.15. The number of morpholine rings is 1. The molecule has 1 aliphatic heterocycles. The SMILES string of the molecule is c1cc2cc(C3CCC(N4CCOCC4)CC3)cnc2[nH]1. The van der Waals surface area contributed by atoms with Gasteiger partial charge in [-0.25, -0.2) is 4.98 Å². The number of rotatable bonds is 2. The van der Waals surface area contributed by atoms with Crippen molar-refractivity contribution in [2.45, 2.75) is 37.6 Å². The summed E-state index contributed by atoms with van der Waals surface area (Å²) in [5.74, 6) is 0.689. The lowest BCUT2D eigenvalue weighted by molar-refractivity contribution is 0.00729. The number of nitrogens with zero attached hydrogens (tertiary/aromatic N) is 2. The summed E-state index contributed by atoms with van der Waals surface area (Å²) in [4.78, 5) is 10.3. The summed E-state index contributed by atoms with van der Waals surface area (Å²) in [5.41, 5.74) is 2.42. The highest BCUT2D eigenvalue weighted by Crippen LogP contribution is 2.35. The molecule has 4 nitrogen and oxygen atoms in total. The highest BCUT2D eigenvalue weighted by atomic mass is 16.5. The molecule has 1 N–H and O–H groups in total. The minimum Gasteiger partial charge on any atom is -0.379 e. The molecule has 1 saturated carbocycles. The van der Waals surface area contributed by atoms with E-state index in [2.05, 4.69) is 33.2 Å². The molecule has 2 aromatic rings. The summed E-state index contributed by atoms with van der Waals surface area (Å²) in [7, 11) is 0. The average Bonchev–Trinajstić information content (AvgIpc) is 3.03. The molecule has 1 saturated heterocycles. The molecule has 21 heavy (non-hydrogen) atoms. The number of ether oxygens (including phenoxy) is 1. The molecular weight excluding hydrogens is 262 g/mol. The smallest absolute Gasteiger partial charge is 0.137 e. The molecule has 0 amide bonds. The van der Waals surface area contributed by atoms with Crippen LogP contribution in [0.2, 0.25) is 0 Å². The third kappa shape index (κ3) is 2.70. The first-order valence-electron chi connectivity index (χ1n) is 8.15. The van der Waals surface area contributed by atoms with Gasteiger partial charge in [0.05, 0.1) is 13.2 Å². The van der Waals surface area contributed by atoms with Crippen molar-refractivity contribution in [1.82, 2.24) is 14.9 Å². The monoisotopic (exact) mass is 285 g/mol. The highest BCUT2D eigenvalue weighted by molar-refractivity contribution is 5.75. The van der Waals surface area contributed by atoms with Gasteiger partial charge < -0.3 is 9.72 Å². The van der Waals surface area contributed by atoms with E-state index in [1.165, 1.54) is 36.6 Å². The second-order valence-corrected chi connectivity index (χ2v) is 6.34. The van der Waals surface area contributed by atoms with Crippen LogP contribution in [-0.4, -0.2) is 47.2 Å². The van der Waals surface area contributed by atoms with Crippen LogP contribution in [0.25, 0.3) is 11.0 Å². The third-order valence-electron chi connectivity index (χ3n) is 5.15. The Morgan fingerprint density at radius 3 is 2.76 bits per heavy atom. The molecule has 2 fully saturated rings. The predicted molar refractivity (Wildman–Crippen MR) is 83.5 cm³/mol. The quantitative estimate of drug-likeness (QED) is 0.922. The van der Waals surface area contributed by atoms with E-state index in [1.807, 2.05) is 6.20 Å². The van der Waals surface area contributed by atoms with Crippen molar-refractivity contribution in [2.24, 2.45) is 0 Å². The van der Waals surface area contributed by atoms with Crippen LogP contribution in [0.15, 0.2) is 24.5 Å². The Bertz CT molecular complexity index is 595. The van der Waals surface area contributed by atoms with Crippen LogP contribution >= 0.6 is 0 Å². The Morgan fingerprint density at radius 2 is 1.95 bits per heavy atom. The van der Waals surface area contributed by atoms with E-state index >= 15 is 0 Å². The molecule has 1 aliphatic carbocycles. The highest BCUT2D eigenvalue weighted by Gasteiger charge is 2.27. The summed E-state index contributed by atoms with van der Waals surface area (Å²) in [6, 6.07) is 5.21. The van der Waals surface area contributed by atoms with E-state index in [0.717, 1.165) is 38.0 Å². The van der Waals surface area contributed by atoms with E-state index in [9.17, 15) is 0 Å². The van der Waals surface area contributed by atoms with Gasteiger partial charge in [0, 0.05) is 36.9 Å². The lowest BCUT2D eigenvalue weighted by Gasteiger charge is -2.38. The molecule has 0 radical (unpaired) electrons. The zero-order chi connectivity index (χ0) is 14.1. The number of nitrogens with one attached hydrogen (secondary N) is 1. The van der Waals surface area contributed by atoms with Gasteiger partial charge in [0.25, 0.3) is 0 Å². The molecule has 0 bridgehead atoms. The topological polar surface area (TPSA) is 41.1 Å². The number of fused-ring (bicyclic) bond motifs is 1. The average molecular weight is 285 g/mol. The molecule has 2 aromatic heterocycles. The minimum absolute atomic E-state index is 0.689. The molecular formula is C17H23N3O. The molecule has 0 atom stereocenters. The second-order valence-electron chi connectivity index (χ2n) is 6.34. The Kier molecular flexibility index (Phi) is 3.65. The van der Waals surface area contributed by atoms with Crippen molar-refractivity contribution in [3.05, 3.63) is 30.1 Å². The maximum absolute atomic E-state index is 5.46. The molecule has 2 aliphatic rings. The molecule has 4 heteroatoms. The van der Waals surface area contributed by atoms with E-state index in [0.29, 0.717) is 5.92 Å². The first-order valence-corrected chi connectivity index (χ1v) is 8.15. The van der Waals surface area contributed by atoms with Gasteiger partial charge in [0.1, 0.15) is 5.65 Å². The molecule has 0 unspecified atom stereocenters. The van der Waals surface area contributed by atoms with E-state index in [1.54, 1.807) is 0 Å². The standard InChI is InChI=1S/C17H23N3O/c1-3-16(20-7-9-21-10-8-20)4-2-13(1)15-11-14-5-6-18-17(14)19-12-15/h5-6,11-13,16H,1-4,7-10H2,(H,18,19). The van der Waals surface area contributed by atoms with Gasteiger partial charge >= 0.3 is 0 Å². The molecule has 0 aromatic carbocycles. The Balaban J connectivity index is 1.42. The fraction of sp³-hybridized carbons (Fsp3) is 0.588. The summed E-state index contributed by atoms with van der Waals surface area (Å²) in [6.45, 7) is 4.06. The Hall–Kier alpha value is -1.39. The number of aromatic amines is 1. The Labute approximate surface area is 125 Å². The van der Waals surface area contributed by atoms with Gasteiger partial charge in [-0.1, -0.05) is 0 Å². The number of pyridine rings is 1. The van der Waals surface area contributed by atoms with Crippen LogP contribution in [0.5, 0.6) is 0 Å². The van der Waals surface area contributed by atoms with E-state index in [-0.39, 0.29) is 0 Å². The molecule has 112 valence electrons. The molecule has 3 heterocycles. The van der Waals surface area contributed by atoms with Gasteiger partial charge in [0.2, 0.25) is 0 Å². The van der Waals surface area contributed by atoms with Gasteiger partial charge in [0.15, 0.2) is 0 Å². The maximum Gasteiger partial charge on any atom is 0.137 e. The summed E-state index contributed by atoms with van der Waals surface area (Å²) in [6.07, 6.45) is 9.25. The van der Waals surface area contributed by atoms with Crippen LogP contribution in [0, 0.1) is 0 Å². The van der Waals surface area contributed by atoms with Gasteiger partial charge in [-0.05, 0) is 49.3 Å². The summed E-state index contributed by atoms with van der Waals surface area (Å²) in [5, 5.41) is 1.24. The maximum atomic E-state index is 5.46. The minimum atomic E-state index is 0.689. The largest absolute Gasteiger partial charge is 0.379 e. The second kappa shape index (κ2) is 5.78. The number of hydrogen-bond donors (Lipinski definition) is 1. The van der Waals surface area contributed by atoms with Crippen LogP contribution in [0.1, 0.15) is 37.2 Å². The van der Waals surface area contributed by atoms with Gasteiger partial charge in [-0.3, -0.25) is 4.90 Å². The van der Waals surface area contributed by atoms with Crippen LogP contribution in [0.4, 0.5) is 0 Å². The first-order chi connectivity index (χ1) is 10.4. The van der Waals surface area contributed by atoms with E-state index < -0.39 is 0 Å². The van der Waals surface area contributed by atoms with Crippen molar-refractivity contribution in [2.75, 3.05) is 26.3 Å². The summed E-state index contributed by atoms with van der Waals surface area (Å²) < 4.78 is 5.46. The normalized spacial score (nSPS) is 28.0. The molecule has 4 rings (SSSR count). The van der Waals surface area contributed by atoms with Crippen LogP contribution in [0.3, 0.4) is 0 Å². The first kappa shape index (κ1) is 13.3. The van der Waals surface area contributed by atoms with Crippen molar-refractivity contribution in [3.8, 4) is 0 Å². The lowest BCUT2D eigenvalue weighted by Crippen LogP contribution is -2.44. The number of aromatic nitrogens is 2. The zero-order valence-corrected chi connectivity index (χ0v) is 12.4. The Morgan fingerprint density at radius 1 is 1.14 bits per heavy atom. The number of H-pyrrole nitrogens is 1. The van der Waals surface area contributed by atoms with Crippen molar-refractivity contribution >= 4 is 11.0 Å². The summed E-state index contributed by atoms with van der Waals surface area (Å²) >= 11 is 0.